The van der Waals surface area contributed by atoms with Gasteiger partial charge in [0.25, 0.3) is 10.0 Å². The van der Waals surface area contributed by atoms with Crippen LogP contribution in [0.2, 0.25) is 0 Å². The minimum absolute atomic E-state index is 0.182. The van der Waals surface area contributed by atoms with E-state index in [0.29, 0.717) is 13.0 Å². The van der Waals surface area contributed by atoms with Gasteiger partial charge in [-0.1, -0.05) is 23.1 Å². The zero-order valence-electron chi connectivity index (χ0n) is 9.05. The third kappa shape index (κ3) is 4.28. The van der Waals surface area contributed by atoms with Crippen molar-refractivity contribution >= 4 is 10.0 Å². The molecule has 0 saturated heterocycles. The molecule has 0 saturated carbocycles. The normalized spacial score (nSPS) is 11.6. The summed E-state index contributed by atoms with van der Waals surface area (Å²) in [5, 5.41) is 0. The Morgan fingerprint density at radius 3 is 2.50 bits per heavy atom. The standard InChI is InChI=1S/C10H15NO4S/c1-14-8-5-9-15-11-16(12,13)10-6-3-2-4-7-10/h2-4,6-7,11H,5,8-9H2,1H3. The van der Waals surface area contributed by atoms with Crippen LogP contribution in [-0.2, 0) is 19.6 Å². The number of rotatable bonds is 7. The van der Waals surface area contributed by atoms with Gasteiger partial charge in [-0.25, -0.2) is 8.42 Å². The number of sulfonamides is 1. The van der Waals surface area contributed by atoms with Gasteiger partial charge in [-0.3, -0.25) is 4.84 Å². The van der Waals surface area contributed by atoms with Crippen molar-refractivity contribution in [3.63, 3.8) is 0 Å². The number of methoxy groups -OCH3 is 1. The van der Waals surface area contributed by atoms with Crippen molar-refractivity contribution in [2.45, 2.75) is 11.3 Å². The Bertz CT molecular complexity index is 391. The van der Waals surface area contributed by atoms with Crippen LogP contribution < -0.4 is 4.89 Å². The Balaban J connectivity index is 2.41. The quantitative estimate of drug-likeness (QED) is 0.573. The van der Waals surface area contributed by atoms with Gasteiger partial charge in [0.15, 0.2) is 0 Å². The molecule has 0 aliphatic rings. The van der Waals surface area contributed by atoms with Crippen molar-refractivity contribution in [2.24, 2.45) is 0 Å². The van der Waals surface area contributed by atoms with E-state index in [4.69, 9.17) is 9.57 Å². The number of benzene rings is 1. The largest absolute Gasteiger partial charge is 0.385 e. The molecular weight excluding hydrogens is 230 g/mol. The molecule has 16 heavy (non-hydrogen) atoms. The van der Waals surface area contributed by atoms with Gasteiger partial charge in [0.2, 0.25) is 0 Å². The molecule has 0 aliphatic carbocycles. The second-order valence-corrected chi connectivity index (χ2v) is 4.74. The highest BCUT2D eigenvalue weighted by atomic mass is 32.2. The Morgan fingerprint density at radius 1 is 1.19 bits per heavy atom. The third-order valence-electron chi connectivity index (χ3n) is 1.82. The second kappa shape index (κ2) is 6.59. The molecule has 5 nitrogen and oxygen atoms in total. The number of hydrogen-bond donors (Lipinski definition) is 1. The van der Waals surface area contributed by atoms with E-state index in [9.17, 15) is 8.42 Å². The summed E-state index contributed by atoms with van der Waals surface area (Å²) < 4.78 is 28.0. The predicted octanol–water partition coefficient (Wildman–Crippen LogP) is 0.933. The van der Waals surface area contributed by atoms with E-state index < -0.39 is 10.0 Å². The lowest BCUT2D eigenvalue weighted by molar-refractivity contribution is 0.0719. The van der Waals surface area contributed by atoms with Crippen molar-refractivity contribution < 1.29 is 18.0 Å². The minimum atomic E-state index is -3.56. The molecule has 0 atom stereocenters. The first kappa shape index (κ1) is 13.1. The fourth-order valence-corrected chi connectivity index (χ4v) is 1.89. The van der Waals surface area contributed by atoms with Crippen LogP contribution in [-0.4, -0.2) is 28.7 Å². The lowest BCUT2D eigenvalue weighted by Gasteiger charge is -2.06. The van der Waals surface area contributed by atoms with E-state index in [-0.39, 0.29) is 11.5 Å². The highest BCUT2D eigenvalue weighted by Gasteiger charge is 2.12. The predicted molar refractivity (Wildman–Crippen MR) is 59.2 cm³/mol. The van der Waals surface area contributed by atoms with Crippen molar-refractivity contribution in [2.75, 3.05) is 20.3 Å². The third-order valence-corrected chi connectivity index (χ3v) is 3.05. The van der Waals surface area contributed by atoms with Gasteiger partial charge >= 0.3 is 0 Å². The Morgan fingerprint density at radius 2 is 1.88 bits per heavy atom. The number of ether oxygens (including phenoxy) is 1. The summed E-state index contributed by atoms with van der Waals surface area (Å²) in [5.41, 5.74) is 0. The summed E-state index contributed by atoms with van der Waals surface area (Å²) in [7, 11) is -1.98. The van der Waals surface area contributed by atoms with Gasteiger partial charge in [-0.05, 0) is 18.6 Å². The van der Waals surface area contributed by atoms with E-state index in [1.54, 1.807) is 25.3 Å². The maximum absolute atomic E-state index is 11.6. The van der Waals surface area contributed by atoms with Crippen LogP contribution in [0, 0.1) is 0 Å². The molecule has 0 radical (unpaired) electrons. The van der Waals surface area contributed by atoms with Gasteiger partial charge in [-0.15, -0.1) is 0 Å². The maximum Gasteiger partial charge on any atom is 0.262 e. The summed E-state index contributed by atoms with van der Waals surface area (Å²) in [6.45, 7) is 0.812. The van der Waals surface area contributed by atoms with Crippen LogP contribution in [0.15, 0.2) is 35.2 Å². The first-order chi connectivity index (χ1) is 7.67. The first-order valence-corrected chi connectivity index (χ1v) is 6.33. The molecule has 0 aromatic heterocycles. The molecule has 0 fully saturated rings. The van der Waals surface area contributed by atoms with E-state index in [1.165, 1.54) is 12.1 Å². The van der Waals surface area contributed by atoms with Crippen LogP contribution in [0.25, 0.3) is 0 Å². The Hall–Kier alpha value is -0.950. The van der Waals surface area contributed by atoms with E-state index >= 15 is 0 Å². The monoisotopic (exact) mass is 245 g/mol. The number of hydrogen-bond acceptors (Lipinski definition) is 4. The summed E-state index contributed by atoms with van der Waals surface area (Å²) in [6.07, 6.45) is 0.633. The molecule has 0 aliphatic heterocycles. The highest BCUT2D eigenvalue weighted by molar-refractivity contribution is 7.89. The van der Waals surface area contributed by atoms with Crippen molar-refractivity contribution in [1.82, 2.24) is 4.89 Å². The van der Waals surface area contributed by atoms with Crippen LogP contribution in [0.5, 0.6) is 0 Å². The van der Waals surface area contributed by atoms with Gasteiger partial charge in [0, 0.05) is 13.7 Å². The molecule has 1 N–H and O–H groups in total. The van der Waals surface area contributed by atoms with Crippen molar-refractivity contribution in [3.8, 4) is 0 Å². The van der Waals surface area contributed by atoms with E-state index in [0.717, 1.165) is 0 Å². The SMILES string of the molecule is COCCCONS(=O)(=O)c1ccccc1. The van der Waals surface area contributed by atoms with Crippen molar-refractivity contribution in [1.29, 1.82) is 0 Å². The number of nitrogens with one attached hydrogen (secondary N) is 1. The van der Waals surface area contributed by atoms with Crippen LogP contribution in [0.1, 0.15) is 6.42 Å². The molecule has 1 aromatic carbocycles. The summed E-state index contributed by atoms with van der Waals surface area (Å²) in [6, 6.07) is 8.05. The topological polar surface area (TPSA) is 64.6 Å². The molecule has 1 rings (SSSR count). The first-order valence-electron chi connectivity index (χ1n) is 4.84. The Kier molecular flexibility index (Phi) is 5.41. The highest BCUT2D eigenvalue weighted by Crippen LogP contribution is 2.06. The lowest BCUT2D eigenvalue weighted by atomic mass is 10.4. The van der Waals surface area contributed by atoms with Crippen LogP contribution >= 0.6 is 0 Å². The molecule has 1 aromatic rings. The Labute approximate surface area is 95.4 Å². The second-order valence-electron chi connectivity index (χ2n) is 3.09. The van der Waals surface area contributed by atoms with Gasteiger partial charge in [0.05, 0.1) is 11.5 Å². The fourth-order valence-electron chi connectivity index (χ4n) is 1.04. The molecule has 0 bridgehead atoms. The molecule has 6 heteroatoms. The summed E-state index contributed by atoms with van der Waals surface area (Å²) in [5.74, 6) is 0. The average Bonchev–Trinajstić information content (AvgIpc) is 2.30. The molecule has 0 unspecified atom stereocenters. The average molecular weight is 245 g/mol. The van der Waals surface area contributed by atoms with E-state index in [1.807, 2.05) is 0 Å². The molecular formula is C10H15NO4S. The molecule has 0 amide bonds. The van der Waals surface area contributed by atoms with Crippen LogP contribution in [0.3, 0.4) is 0 Å². The summed E-state index contributed by atoms with van der Waals surface area (Å²) >= 11 is 0. The van der Waals surface area contributed by atoms with Crippen molar-refractivity contribution in [3.05, 3.63) is 30.3 Å². The maximum atomic E-state index is 11.6. The molecule has 0 spiro atoms. The van der Waals surface area contributed by atoms with Gasteiger partial charge in [-0.2, -0.15) is 0 Å². The van der Waals surface area contributed by atoms with E-state index in [2.05, 4.69) is 4.89 Å². The molecule has 90 valence electrons. The zero-order valence-corrected chi connectivity index (χ0v) is 9.87. The fraction of sp³-hybridized carbons (Fsp3) is 0.400. The minimum Gasteiger partial charge on any atom is -0.385 e. The molecule has 0 heterocycles. The zero-order chi connectivity index (χ0) is 11.9. The van der Waals surface area contributed by atoms with Gasteiger partial charge < -0.3 is 4.74 Å². The van der Waals surface area contributed by atoms with Crippen LogP contribution in [0.4, 0.5) is 0 Å². The lowest BCUT2D eigenvalue weighted by Crippen LogP contribution is -2.24. The van der Waals surface area contributed by atoms with Gasteiger partial charge in [0.1, 0.15) is 0 Å². The summed E-state index contributed by atoms with van der Waals surface area (Å²) in [4.78, 5) is 7.07. The smallest absolute Gasteiger partial charge is 0.262 e.